The Bertz CT molecular complexity index is 770. The number of halogens is 1. The average molecular weight is 287 g/mol. The molecule has 1 heterocycles. The van der Waals surface area contributed by atoms with Crippen molar-refractivity contribution in [3.8, 4) is 0 Å². The van der Waals surface area contributed by atoms with Crippen LogP contribution >= 0.6 is 0 Å². The third kappa shape index (κ3) is 2.11. The van der Waals surface area contributed by atoms with Gasteiger partial charge in [-0.1, -0.05) is 18.2 Å². The Morgan fingerprint density at radius 1 is 1.10 bits per heavy atom. The molecule has 0 bridgehead atoms. The molecule has 1 aromatic heterocycles. The number of hydrogen-bond acceptors (Lipinski definition) is 2. The zero-order valence-corrected chi connectivity index (χ0v) is 11.1. The van der Waals surface area contributed by atoms with E-state index in [-0.39, 0.29) is 5.69 Å². The highest BCUT2D eigenvalue weighted by Gasteiger charge is 2.21. The van der Waals surface area contributed by atoms with Gasteiger partial charge in [0.15, 0.2) is 11.2 Å². The van der Waals surface area contributed by atoms with Crippen LogP contribution in [0, 0.1) is 5.82 Å². The third-order valence-corrected chi connectivity index (χ3v) is 4.39. The van der Waals surface area contributed by atoms with Crippen LogP contribution in [0.4, 0.5) is 4.39 Å². The van der Waals surface area contributed by atoms with Crippen LogP contribution in [0.5, 0.6) is 0 Å². The first-order valence-electron chi connectivity index (χ1n) is 5.94. The first-order chi connectivity index (χ1) is 9.70. The summed E-state index contributed by atoms with van der Waals surface area (Å²) < 4.78 is 27.3. The van der Waals surface area contributed by atoms with Crippen molar-refractivity contribution in [3.63, 3.8) is 0 Å². The number of carbonyl (C=O) groups excluding carboxylic acids is 1. The van der Waals surface area contributed by atoms with E-state index in [0.29, 0.717) is 22.1 Å². The van der Waals surface area contributed by atoms with Gasteiger partial charge in [-0.3, -0.25) is 4.79 Å². The van der Waals surface area contributed by atoms with E-state index in [1.165, 1.54) is 28.2 Å². The van der Waals surface area contributed by atoms with E-state index in [1.54, 1.807) is 24.3 Å². The molecule has 0 radical (unpaired) electrons. The molecule has 3 nitrogen and oxygen atoms in total. The van der Waals surface area contributed by atoms with Crippen LogP contribution in [0.2, 0.25) is 0 Å². The van der Waals surface area contributed by atoms with Gasteiger partial charge in [0.05, 0.1) is 5.52 Å². The van der Waals surface area contributed by atoms with Crippen molar-refractivity contribution in [2.75, 3.05) is 0 Å². The fourth-order valence-corrected chi connectivity index (χ4v) is 3.33. The van der Waals surface area contributed by atoms with Crippen LogP contribution in [-0.4, -0.2) is 14.8 Å². The zero-order valence-electron chi connectivity index (χ0n) is 10.3. The van der Waals surface area contributed by atoms with E-state index in [0.717, 1.165) is 0 Å². The van der Waals surface area contributed by atoms with Crippen molar-refractivity contribution < 1.29 is 13.7 Å². The normalized spacial score (nSPS) is 12.5. The van der Waals surface area contributed by atoms with E-state index in [4.69, 9.17) is 0 Å². The maximum atomic E-state index is 13.2. The minimum atomic E-state index is -1.55. The molecule has 5 heteroatoms. The van der Waals surface area contributed by atoms with Gasteiger partial charge in [-0.2, -0.15) is 3.97 Å². The first kappa shape index (κ1) is 12.9. The van der Waals surface area contributed by atoms with E-state index in [9.17, 15) is 13.7 Å². The SMILES string of the molecule is O=Cc1cc2cc(F)ccc2n1[S+]([O-])c1ccccc1. The second kappa shape index (κ2) is 5.11. The Hall–Kier alpha value is -2.11. The molecule has 0 aliphatic heterocycles. The van der Waals surface area contributed by atoms with Gasteiger partial charge in [-0.05, 0) is 36.4 Å². The van der Waals surface area contributed by atoms with Gasteiger partial charge in [0, 0.05) is 5.39 Å². The number of hydrogen-bond donors (Lipinski definition) is 0. The molecule has 20 heavy (non-hydrogen) atoms. The smallest absolute Gasteiger partial charge is 0.180 e. The van der Waals surface area contributed by atoms with E-state index < -0.39 is 17.2 Å². The van der Waals surface area contributed by atoms with Crippen LogP contribution < -0.4 is 0 Å². The van der Waals surface area contributed by atoms with Gasteiger partial charge in [0.1, 0.15) is 22.9 Å². The quantitative estimate of drug-likeness (QED) is 0.548. The lowest BCUT2D eigenvalue weighted by atomic mass is 10.2. The highest BCUT2D eigenvalue weighted by atomic mass is 32.2. The monoisotopic (exact) mass is 287 g/mol. The molecule has 0 saturated carbocycles. The molecule has 3 aromatic rings. The molecule has 3 rings (SSSR count). The molecule has 0 saturated heterocycles. The summed E-state index contributed by atoms with van der Waals surface area (Å²) in [5.74, 6) is -0.391. The van der Waals surface area contributed by atoms with Gasteiger partial charge < -0.3 is 4.55 Å². The van der Waals surface area contributed by atoms with Crippen molar-refractivity contribution in [3.05, 3.63) is 66.1 Å². The zero-order chi connectivity index (χ0) is 14.1. The van der Waals surface area contributed by atoms with Crippen molar-refractivity contribution in [1.82, 2.24) is 3.97 Å². The third-order valence-electron chi connectivity index (χ3n) is 2.98. The van der Waals surface area contributed by atoms with E-state index >= 15 is 0 Å². The van der Waals surface area contributed by atoms with Crippen molar-refractivity contribution in [2.24, 2.45) is 0 Å². The van der Waals surface area contributed by atoms with Crippen LogP contribution in [0.25, 0.3) is 10.9 Å². The fraction of sp³-hybridized carbons (Fsp3) is 0. The topological polar surface area (TPSA) is 45.1 Å². The molecule has 0 aliphatic carbocycles. The van der Waals surface area contributed by atoms with Crippen LogP contribution in [0.3, 0.4) is 0 Å². The lowest BCUT2D eigenvalue weighted by Crippen LogP contribution is -2.15. The number of rotatable bonds is 3. The van der Waals surface area contributed by atoms with E-state index in [2.05, 4.69) is 0 Å². The highest BCUT2D eigenvalue weighted by Crippen LogP contribution is 2.25. The maximum Gasteiger partial charge on any atom is 0.180 e. The van der Waals surface area contributed by atoms with Gasteiger partial charge in [0.25, 0.3) is 0 Å². The molecule has 0 amide bonds. The van der Waals surface area contributed by atoms with Crippen LogP contribution in [-0.2, 0) is 11.4 Å². The Morgan fingerprint density at radius 2 is 1.85 bits per heavy atom. The molecular weight excluding hydrogens is 277 g/mol. The number of aldehydes is 1. The second-order valence-corrected chi connectivity index (χ2v) is 5.58. The van der Waals surface area contributed by atoms with Gasteiger partial charge >= 0.3 is 0 Å². The number of aromatic nitrogens is 1. The maximum absolute atomic E-state index is 13.2. The largest absolute Gasteiger partial charge is 0.587 e. The van der Waals surface area contributed by atoms with Crippen molar-refractivity contribution >= 4 is 28.6 Å². The molecule has 0 spiro atoms. The highest BCUT2D eigenvalue weighted by molar-refractivity contribution is 7.90. The van der Waals surface area contributed by atoms with Gasteiger partial charge in [-0.25, -0.2) is 4.39 Å². The minimum Gasteiger partial charge on any atom is -0.587 e. The fourth-order valence-electron chi connectivity index (χ4n) is 2.09. The van der Waals surface area contributed by atoms with Crippen molar-refractivity contribution in [2.45, 2.75) is 4.90 Å². The Balaban J connectivity index is 2.22. The molecule has 100 valence electrons. The predicted octanol–water partition coefficient (Wildman–Crippen LogP) is 3.16. The lowest BCUT2D eigenvalue weighted by Gasteiger charge is -2.12. The Kier molecular flexibility index (Phi) is 3.30. The summed E-state index contributed by atoms with van der Waals surface area (Å²) in [7, 11) is 0. The standard InChI is InChI=1S/C15H10FNO2S/c16-12-6-7-15-11(8-12)9-13(10-18)17(15)20(19)14-4-2-1-3-5-14/h1-10H. The molecule has 1 unspecified atom stereocenters. The minimum absolute atomic E-state index is 0.257. The molecule has 0 fully saturated rings. The second-order valence-electron chi connectivity index (χ2n) is 4.25. The summed E-state index contributed by atoms with van der Waals surface area (Å²) in [5.41, 5.74) is 0.823. The summed E-state index contributed by atoms with van der Waals surface area (Å²) in [6, 6.07) is 14.5. The first-order valence-corrected chi connectivity index (χ1v) is 7.05. The number of benzene rings is 2. The van der Waals surface area contributed by atoms with Crippen LogP contribution in [0.1, 0.15) is 10.5 Å². The summed E-state index contributed by atoms with van der Waals surface area (Å²) in [5, 5.41) is 0.552. The lowest BCUT2D eigenvalue weighted by molar-refractivity contribution is 0.111. The number of carbonyl (C=O) groups is 1. The van der Waals surface area contributed by atoms with Gasteiger partial charge in [0.2, 0.25) is 0 Å². The number of fused-ring (bicyclic) bond motifs is 1. The molecular formula is C15H10FNO2S. The molecule has 2 aromatic carbocycles. The summed E-state index contributed by atoms with van der Waals surface area (Å²) >= 11 is -1.55. The Labute approximate surface area is 118 Å². The van der Waals surface area contributed by atoms with Crippen LogP contribution in [0.15, 0.2) is 59.5 Å². The average Bonchev–Trinajstić information content (AvgIpc) is 2.84. The summed E-state index contributed by atoms with van der Waals surface area (Å²) in [6.07, 6.45) is 0.624. The van der Waals surface area contributed by atoms with E-state index in [1.807, 2.05) is 6.07 Å². The molecule has 0 N–H and O–H groups in total. The molecule has 0 aliphatic rings. The molecule has 1 atom stereocenters. The van der Waals surface area contributed by atoms with Gasteiger partial charge in [-0.15, -0.1) is 0 Å². The summed E-state index contributed by atoms with van der Waals surface area (Å²) in [6.45, 7) is 0. The summed E-state index contributed by atoms with van der Waals surface area (Å²) in [4.78, 5) is 11.7. The van der Waals surface area contributed by atoms with Crippen molar-refractivity contribution in [1.29, 1.82) is 0 Å². The number of nitrogens with zero attached hydrogens (tertiary/aromatic N) is 1. The predicted molar refractivity (Wildman–Crippen MR) is 75.5 cm³/mol. The Morgan fingerprint density at radius 3 is 2.55 bits per heavy atom.